The van der Waals surface area contributed by atoms with Crippen molar-refractivity contribution in [3.8, 4) is 0 Å². The number of rotatable bonds is 0. The van der Waals surface area contributed by atoms with Crippen molar-refractivity contribution >= 4 is 7.81 Å². The molecule has 0 N–H and O–H groups in total. The van der Waals surface area contributed by atoms with Gasteiger partial charge in [-0.15, -0.1) is 13.2 Å². The Morgan fingerprint density at radius 1 is 0.700 bits per heavy atom. The first-order valence-corrected chi connectivity index (χ1v) is 3.54. The van der Waals surface area contributed by atoms with E-state index in [1.165, 1.54) is 0 Å². The van der Waals surface area contributed by atoms with Crippen molar-refractivity contribution < 1.29 is 54.7 Å². The molecule has 0 aliphatic rings. The molecule has 0 radical (unpaired) electrons. The molecule has 0 aromatic heterocycles. The van der Waals surface area contributed by atoms with Crippen molar-refractivity contribution in [2.24, 2.45) is 0 Å². The molecule has 0 heterocycles. The Morgan fingerprint density at radius 3 is 0.700 bits per heavy atom. The van der Waals surface area contributed by atoms with Gasteiger partial charge in [-0.2, -0.15) is 0 Å². The summed E-state index contributed by atoms with van der Waals surface area (Å²) >= 11 is 0. The first-order valence-electron chi connectivity index (χ1n) is 1.51. The molecule has 0 fully saturated rings. The maximum Gasteiger partial charge on any atom is 1.00 e. The van der Waals surface area contributed by atoms with Crippen molar-refractivity contribution in [2.45, 2.75) is 0 Å². The summed E-state index contributed by atoms with van der Waals surface area (Å²) in [6, 6.07) is 0. The van der Waals surface area contributed by atoms with Crippen LogP contribution in [0.5, 0.6) is 0 Å². The molecule has 0 atom stereocenters. The van der Waals surface area contributed by atoms with E-state index in [2.05, 4.69) is 13.2 Å². The summed E-state index contributed by atoms with van der Waals surface area (Å²) in [5.41, 5.74) is 0. The van der Waals surface area contributed by atoms with Gasteiger partial charge in [0.25, 0.3) is 0 Å². The third-order valence-electron chi connectivity index (χ3n) is 0. The summed E-state index contributed by atoms with van der Waals surface area (Å²) in [7, 11) is -10.7. The van der Waals surface area contributed by atoms with Crippen molar-refractivity contribution in [1.29, 1.82) is 0 Å². The minimum atomic E-state index is -10.7. The molecular weight excluding hydrogens is 192 g/mol. The predicted molar refractivity (Wildman–Crippen MR) is 24.8 cm³/mol. The second-order valence-electron chi connectivity index (χ2n) is 0.958. The Kier molecular flexibility index (Phi) is 5.12. The first kappa shape index (κ1) is 17.0. The quantitative estimate of drug-likeness (QED) is 0.236. The molecular formula is C2H4F6NaP. The van der Waals surface area contributed by atoms with Crippen LogP contribution in [0.2, 0.25) is 0 Å². The van der Waals surface area contributed by atoms with Crippen LogP contribution in [0.25, 0.3) is 0 Å². The van der Waals surface area contributed by atoms with Gasteiger partial charge in [0.1, 0.15) is 0 Å². The fourth-order valence-corrected chi connectivity index (χ4v) is 0. The molecule has 0 aromatic carbocycles. The van der Waals surface area contributed by atoms with Crippen molar-refractivity contribution in [3.05, 3.63) is 13.2 Å². The fraction of sp³-hybridized carbons (Fsp3) is 0. The van der Waals surface area contributed by atoms with E-state index >= 15 is 0 Å². The van der Waals surface area contributed by atoms with E-state index in [0.717, 1.165) is 0 Å². The summed E-state index contributed by atoms with van der Waals surface area (Å²) < 4.78 is 59.2. The third-order valence-corrected chi connectivity index (χ3v) is 0. The van der Waals surface area contributed by atoms with Gasteiger partial charge < -0.3 is 0 Å². The summed E-state index contributed by atoms with van der Waals surface area (Å²) in [6.07, 6.45) is 0. The topological polar surface area (TPSA) is 0 Å². The second-order valence-corrected chi connectivity index (χ2v) is 2.87. The zero-order valence-corrected chi connectivity index (χ0v) is 8.02. The Balaban J connectivity index is -0.000000149. The Morgan fingerprint density at radius 2 is 0.700 bits per heavy atom. The minimum absolute atomic E-state index is 0. The number of hydrogen-bond donors (Lipinski definition) is 0. The van der Waals surface area contributed by atoms with Crippen LogP contribution < -0.4 is 29.6 Å². The van der Waals surface area contributed by atoms with Crippen LogP contribution >= 0.6 is 7.81 Å². The molecule has 0 aromatic rings. The SMILES string of the molecule is C=C.F[P-](F)(F)(F)(F)F.[Na+]. The molecule has 0 unspecified atom stereocenters. The maximum atomic E-state index is 9.87. The Labute approximate surface area is 75.8 Å². The van der Waals surface area contributed by atoms with E-state index in [0.29, 0.717) is 0 Å². The van der Waals surface area contributed by atoms with E-state index < -0.39 is 7.81 Å². The van der Waals surface area contributed by atoms with E-state index in [-0.39, 0.29) is 29.6 Å². The molecule has 10 heavy (non-hydrogen) atoms. The van der Waals surface area contributed by atoms with Crippen LogP contribution in [0.15, 0.2) is 13.2 Å². The van der Waals surface area contributed by atoms with Gasteiger partial charge in [0.05, 0.1) is 0 Å². The standard InChI is InChI=1S/C2H4.F6P.Na/c1-2;1-7(2,3,4,5)6;/h1-2H2;;/q;-1;+1. The number of halogens is 6. The summed E-state index contributed by atoms with van der Waals surface area (Å²) in [6.45, 7) is 6.00. The van der Waals surface area contributed by atoms with Crippen LogP contribution in [0, 0.1) is 0 Å². The average molecular weight is 196 g/mol. The summed E-state index contributed by atoms with van der Waals surface area (Å²) in [5, 5.41) is 0. The van der Waals surface area contributed by atoms with Gasteiger partial charge in [0.2, 0.25) is 0 Å². The van der Waals surface area contributed by atoms with E-state index in [1.54, 1.807) is 0 Å². The average Bonchev–Trinajstić information content (AvgIpc) is 1.30. The van der Waals surface area contributed by atoms with Crippen LogP contribution in [0.3, 0.4) is 0 Å². The van der Waals surface area contributed by atoms with Gasteiger partial charge in [0, 0.05) is 0 Å². The molecule has 0 amide bonds. The molecule has 0 saturated carbocycles. The monoisotopic (exact) mass is 196 g/mol. The molecule has 0 saturated heterocycles. The molecule has 0 aliphatic heterocycles. The molecule has 60 valence electrons. The fourth-order valence-electron chi connectivity index (χ4n) is 0. The van der Waals surface area contributed by atoms with E-state index in [4.69, 9.17) is 0 Å². The van der Waals surface area contributed by atoms with Crippen LogP contribution in [0.4, 0.5) is 25.2 Å². The van der Waals surface area contributed by atoms with Gasteiger partial charge in [-0.05, 0) is 0 Å². The van der Waals surface area contributed by atoms with Crippen molar-refractivity contribution in [1.82, 2.24) is 0 Å². The normalized spacial score (nSPS) is 16.6. The molecule has 0 bridgehead atoms. The van der Waals surface area contributed by atoms with Crippen LogP contribution in [-0.4, -0.2) is 0 Å². The number of hydrogen-bond acceptors (Lipinski definition) is 0. The van der Waals surface area contributed by atoms with Gasteiger partial charge in [-0.3, -0.25) is 0 Å². The van der Waals surface area contributed by atoms with Crippen molar-refractivity contribution in [2.75, 3.05) is 0 Å². The Bertz CT molecular complexity index is 85.1. The van der Waals surface area contributed by atoms with Gasteiger partial charge >= 0.3 is 62.5 Å². The molecule has 0 spiro atoms. The minimum Gasteiger partial charge on any atom is 1.00 e. The van der Waals surface area contributed by atoms with Crippen LogP contribution in [0.1, 0.15) is 0 Å². The molecule has 0 nitrogen and oxygen atoms in total. The van der Waals surface area contributed by atoms with Crippen LogP contribution in [-0.2, 0) is 0 Å². The zero-order valence-electron chi connectivity index (χ0n) is 5.13. The first-order chi connectivity index (χ1) is 3.45. The van der Waals surface area contributed by atoms with E-state index in [1.807, 2.05) is 0 Å². The second kappa shape index (κ2) is 3.01. The molecule has 0 rings (SSSR count). The Hall–Kier alpha value is 0.750. The van der Waals surface area contributed by atoms with Gasteiger partial charge in [-0.1, -0.05) is 0 Å². The predicted octanol–water partition coefficient (Wildman–Crippen LogP) is 1.19. The van der Waals surface area contributed by atoms with Gasteiger partial charge in [0.15, 0.2) is 0 Å². The maximum absolute atomic E-state index is 10.7. The third kappa shape index (κ3) is 934. The van der Waals surface area contributed by atoms with Gasteiger partial charge in [-0.25, -0.2) is 0 Å². The molecule has 0 aliphatic carbocycles. The largest absolute Gasteiger partial charge is 1.00 e. The summed E-state index contributed by atoms with van der Waals surface area (Å²) in [5.74, 6) is 0. The summed E-state index contributed by atoms with van der Waals surface area (Å²) in [4.78, 5) is 0. The van der Waals surface area contributed by atoms with E-state index in [9.17, 15) is 25.2 Å². The van der Waals surface area contributed by atoms with Crippen molar-refractivity contribution in [3.63, 3.8) is 0 Å². The smallest absolute Gasteiger partial charge is 1.00 e. The molecule has 8 heteroatoms. The zero-order chi connectivity index (χ0) is 8.41.